The predicted molar refractivity (Wildman–Crippen MR) is 91.6 cm³/mol. The number of halogens is 1. The molecule has 0 saturated heterocycles. The Morgan fingerprint density at radius 2 is 2.00 bits per heavy atom. The minimum Gasteiger partial charge on any atom is -0.316 e. The van der Waals surface area contributed by atoms with Crippen molar-refractivity contribution in [3.63, 3.8) is 0 Å². The number of benzene rings is 1. The van der Waals surface area contributed by atoms with Crippen LogP contribution in [0, 0.1) is 0 Å². The maximum Gasteiger partial charge on any atom is 0.0635 e. The molecule has 4 heteroatoms. The minimum atomic E-state index is 0.467. The first-order valence-corrected chi connectivity index (χ1v) is 8.51. The van der Waals surface area contributed by atoms with Gasteiger partial charge in [0.1, 0.15) is 0 Å². The van der Waals surface area contributed by atoms with Crippen LogP contribution in [-0.2, 0) is 13.0 Å². The first-order valence-electron chi connectivity index (χ1n) is 7.72. The number of hydrogen-bond donors (Lipinski definition) is 1. The van der Waals surface area contributed by atoms with Crippen molar-refractivity contribution in [2.45, 2.75) is 39.2 Å². The molecule has 1 N–H and O–H groups in total. The molecule has 2 rings (SSSR count). The van der Waals surface area contributed by atoms with Crippen LogP contribution in [0.25, 0.3) is 0 Å². The van der Waals surface area contributed by atoms with E-state index < -0.39 is 0 Å². The van der Waals surface area contributed by atoms with E-state index in [0.717, 1.165) is 36.9 Å². The van der Waals surface area contributed by atoms with Crippen molar-refractivity contribution in [3.8, 4) is 0 Å². The summed E-state index contributed by atoms with van der Waals surface area (Å²) in [4.78, 5) is 0. The summed E-state index contributed by atoms with van der Waals surface area (Å²) in [6.07, 6.45) is 4.02. The van der Waals surface area contributed by atoms with Gasteiger partial charge in [-0.2, -0.15) is 5.10 Å². The highest BCUT2D eigenvalue weighted by atomic mass is 79.9. The van der Waals surface area contributed by atoms with Crippen molar-refractivity contribution in [1.82, 2.24) is 15.1 Å². The van der Waals surface area contributed by atoms with Crippen molar-refractivity contribution in [3.05, 3.63) is 52.3 Å². The Kier molecular flexibility index (Phi) is 6.46. The van der Waals surface area contributed by atoms with Gasteiger partial charge >= 0.3 is 0 Å². The van der Waals surface area contributed by atoms with Crippen LogP contribution in [0.15, 0.2) is 41.0 Å². The van der Waals surface area contributed by atoms with Crippen molar-refractivity contribution >= 4 is 15.9 Å². The number of nitrogens with zero attached hydrogens (tertiary/aromatic N) is 2. The molecule has 0 bridgehead atoms. The van der Waals surface area contributed by atoms with Gasteiger partial charge in [0, 0.05) is 19.0 Å². The molecule has 21 heavy (non-hydrogen) atoms. The fourth-order valence-electron chi connectivity index (χ4n) is 2.58. The van der Waals surface area contributed by atoms with Gasteiger partial charge in [0.15, 0.2) is 0 Å². The fourth-order valence-corrected chi connectivity index (χ4v) is 3.04. The highest BCUT2D eigenvalue weighted by Gasteiger charge is 2.17. The lowest BCUT2D eigenvalue weighted by molar-refractivity contribution is 0.532. The number of aromatic nitrogens is 2. The molecule has 0 radical (unpaired) electrons. The molecule has 2 aromatic rings. The third-order valence-electron chi connectivity index (χ3n) is 3.68. The van der Waals surface area contributed by atoms with Crippen molar-refractivity contribution in [1.29, 1.82) is 0 Å². The first-order chi connectivity index (χ1) is 10.3. The largest absolute Gasteiger partial charge is 0.316 e. The van der Waals surface area contributed by atoms with E-state index in [1.807, 2.05) is 6.20 Å². The topological polar surface area (TPSA) is 29.9 Å². The van der Waals surface area contributed by atoms with E-state index in [2.05, 4.69) is 75.2 Å². The van der Waals surface area contributed by atoms with E-state index in [1.54, 1.807) is 0 Å². The molecule has 0 aliphatic rings. The molecule has 0 amide bonds. The number of aryl methyl sites for hydroxylation is 1. The average molecular weight is 350 g/mol. The van der Waals surface area contributed by atoms with Gasteiger partial charge in [-0.15, -0.1) is 0 Å². The minimum absolute atomic E-state index is 0.467. The third-order valence-corrected chi connectivity index (χ3v) is 4.35. The average Bonchev–Trinajstić information content (AvgIpc) is 2.85. The zero-order valence-corrected chi connectivity index (χ0v) is 14.4. The number of nitrogens with one attached hydrogen (secondary N) is 1. The van der Waals surface area contributed by atoms with Crippen LogP contribution in [0.5, 0.6) is 0 Å². The molecular formula is C17H24BrN3. The maximum atomic E-state index is 4.48. The Morgan fingerprint density at radius 3 is 2.67 bits per heavy atom. The van der Waals surface area contributed by atoms with Crippen LogP contribution in [0.1, 0.15) is 37.4 Å². The second-order valence-corrected chi connectivity index (χ2v) is 6.14. The van der Waals surface area contributed by atoms with E-state index >= 15 is 0 Å². The summed E-state index contributed by atoms with van der Waals surface area (Å²) < 4.78 is 3.25. The highest BCUT2D eigenvalue weighted by Crippen LogP contribution is 2.25. The van der Waals surface area contributed by atoms with E-state index in [-0.39, 0.29) is 0 Å². The molecule has 0 aliphatic heterocycles. The molecule has 3 nitrogen and oxygen atoms in total. The Labute approximate surface area is 135 Å². The molecule has 0 fully saturated rings. The molecule has 0 saturated carbocycles. The van der Waals surface area contributed by atoms with Crippen LogP contribution in [0.2, 0.25) is 0 Å². The van der Waals surface area contributed by atoms with E-state index in [9.17, 15) is 0 Å². The van der Waals surface area contributed by atoms with Gasteiger partial charge in [0.05, 0.1) is 16.4 Å². The maximum absolute atomic E-state index is 4.48. The molecule has 114 valence electrons. The van der Waals surface area contributed by atoms with Gasteiger partial charge in [-0.25, -0.2) is 0 Å². The Morgan fingerprint density at radius 1 is 1.24 bits per heavy atom. The van der Waals surface area contributed by atoms with Gasteiger partial charge in [0.25, 0.3) is 0 Å². The summed E-state index contributed by atoms with van der Waals surface area (Å²) in [5.74, 6) is 0.467. The summed E-state index contributed by atoms with van der Waals surface area (Å²) in [5.41, 5.74) is 2.68. The second kappa shape index (κ2) is 8.35. The number of hydrogen-bond acceptors (Lipinski definition) is 2. The van der Waals surface area contributed by atoms with Gasteiger partial charge < -0.3 is 5.32 Å². The van der Waals surface area contributed by atoms with Crippen LogP contribution in [-0.4, -0.2) is 22.9 Å². The summed E-state index contributed by atoms with van der Waals surface area (Å²) in [7, 11) is 0. The Hall–Kier alpha value is -1.13. The quantitative estimate of drug-likeness (QED) is 0.780. The Bertz CT molecular complexity index is 536. The molecule has 0 spiro atoms. The summed E-state index contributed by atoms with van der Waals surface area (Å²) >= 11 is 3.65. The van der Waals surface area contributed by atoms with E-state index in [0.29, 0.717) is 5.92 Å². The fraction of sp³-hybridized carbons (Fsp3) is 0.471. The standard InChI is InChI=1S/C17H24BrN3/c1-3-10-21-17(16(18)13-20-21)11-15(12-19-4-2)14-8-6-5-7-9-14/h5-9,13,15,19H,3-4,10-12H2,1-2H3. The normalized spacial score (nSPS) is 12.5. The summed E-state index contributed by atoms with van der Waals surface area (Å²) in [6, 6.07) is 10.7. The van der Waals surface area contributed by atoms with Crippen molar-refractivity contribution in [2.75, 3.05) is 13.1 Å². The molecule has 1 atom stereocenters. The van der Waals surface area contributed by atoms with Crippen LogP contribution in [0.4, 0.5) is 0 Å². The second-order valence-electron chi connectivity index (χ2n) is 5.28. The van der Waals surface area contributed by atoms with E-state index in [4.69, 9.17) is 0 Å². The molecular weight excluding hydrogens is 326 g/mol. The number of likely N-dealkylation sites (N-methyl/N-ethyl adjacent to an activating group) is 1. The van der Waals surface area contributed by atoms with Crippen molar-refractivity contribution in [2.24, 2.45) is 0 Å². The van der Waals surface area contributed by atoms with Gasteiger partial charge in [-0.1, -0.05) is 44.2 Å². The Balaban J connectivity index is 2.20. The van der Waals surface area contributed by atoms with E-state index in [1.165, 1.54) is 11.3 Å². The smallest absolute Gasteiger partial charge is 0.0635 e. The van der Waals surface area contributed by atoms with Crippen LogP contribution < -0.4 is 5.32 Å². The summed E-state index contributed by atoms with van der Waals surface area (Å²) in [6.45, 7) is 7.30. The zero-order chi connectivity index (χ0) is 15.1. The highest BCUT2D eigenvalue weighted by molar-refractivity contribution is 9.10. The summed E-state index contributed by atoms with van der Waals surface area (Å²) in [5, 5.41) is 7.97. The molecule has 1 aromatic heterocycles. The predicted octanol–water partition coefficient (Wildman–Crippen LogP) is 3.99. The lowest BCUT2D eigenvalue weighted by atomic mass is 9.94. The lowest BCUT2D eigenvalue weighted by Crippen LogP contribution is -2.23. The van der Waals surface area contributed by atoms with Gasteiger partial charge in [-0.3, -0.25) is 4.68 Å². The monoisotopic (exact) mass is 349 g/mol. The van der Waals surface area contributed by atoms with Crippen LogP contribution in [0.3, 0.4) is 0 Å². The lowest BCUT2D eigenvalue weighted by Gasteiger charge is -2.19. The SMILES string of the molecule is CCCn1ncc(Br)c1CC(CNCC)c1ccccc1. The third kappa shape index (κ3) is 4.42. The van der Waals surface area contributed by atoms with Gasteiger partial charge in [-0.05, 0) is 40.9 Å². The molecule has 1 heterocycles. The first kappa shape index (κ1) is 16.2. The van der Waals surface area contributed by atoms with Crippen molar-refractivity contribution < 1.29 is 0 Å². The van der Waals surface area contributed by atoms with Gasteiger partial charge in [0.2, 0.25) is 0 Å². The van der Waals surface area contributed by atoms with Crippen LogP contribution >= 0.6 is 15.9 Å². The molecule has 0 aliphatic carbocycles. The molecule has 1 unspecified atom stereocenters. The molecule has 1 aromatic carbocycles. The zero-order valence-electron chi connectivity index (χ0n) is 12.8. The number of rotatable bonds is 8.